The van der Waals surface area contributed by atoms with E-state index in [4.69, 9.17) is 58.0 Å². The molecular formula is C12H7Cl5. The Bertz CT molecular complexity index is 496. The van der Waals surface area contributed by atoms with Crippen LogP contribution in [0.1, 0.15) is 12.0 Å². The van der Waals surface area contributed by atoms with Crippen molar-refractivity contribution in [3.05, 3.63) is 51.0 Å². The van der Waals surface area contributed by atoms with Crippen LogP contribution in [0.2, 0.25) is 5.02 Å². The van der Waals surface area contributed by atoms with Gasteiger partial charge >= 0.3 is 0 Å². The zero-order valence-corrected chi connectivity index (χ0v) is 12.3. The van der Waals surface area contributed by atoms with E-state index in [0.717, 1.165) is 11.1 Å². The third-order valence-electron chi connectivity index (χ3n) is 2.46. The number of benzene rings is 1. The molecule has 0 saturated heterocycles. The maximum Gasteiger partial charge on any atom is 0.148 e. The Morgan fingerprint density at radius 1 is 0.941 bits per heavy atom. The zero-order chi connectivity index (χ0) is 12.6. The Hall–Kier alpha value is 0.150. The summed E-state index contributed by atoms with van der Waals surface area (Å²) in [6.45, 7) is 0. The van der Waals surface area contributed by atoms with Gasteiger partial charge in [0.05, 0.1) is 5.03 Å². The fourth-order valence-electron chi connectivity index (χ4n) is 1.61. The van der Waals surface area contributed by atoms with E-state index < -0.39 is 4.33 Å². The average molecular weight is 328 g/mol. The highest BCUT2D eigenvalue weighted by molar-refractivity contribution is 6.56. The zero-order valence-electron chi connectivity index (χ0n) is 8.48. The van der Waals surface area contributed by atoms with Gasteiger partial charge in [0, 0.05) is 16.5 Å². The van der Waals surface area contributed by atoms with Crippen LogP contribution in [0.3, 0.4) is 0 Å². The van der Waals surface area contributed by atoms with Gasteiger partial charge in [-0.25, -0.2) is 0 Å². The summed E-state index contributed by atoms with van der Waals surface area (Å²) in [6, 6.07) is 7.24. The fourth-order valence-corrected chi connectivity index (χ4v) is 2.90. The van der Waals surface area contributed by atoms with Gasteiger partial charge in [-0.1, -0.05) is 70.1 Å². The second-order valence-electron chi connectivity index (χ2n) is 3.70. The monoisotopic (exact) mass is 326 g/mol. The SMILES string of the molecule is ClC1=C(Cl)CC(Cl)(Cl)C(c2ccc(Cl)cc2)=C1. The van der Waals surface area contributed by atoms with Crippen LogP contribution in [0.15, 0.2) is 40.4 Å². The molecule has 0 nitrogen and oxygen atoms in total. The Morgan fingerprint density at radius 2 is 1.53 bits per heavy atom. The van der Waals surface area contributed by atoms with Gasteiger partial charge in [0.2, 0.25) is 0 Å². The van der Waals surface area contributed by atoms with Crippen molar-refractivity contribution in [2.75, 3.05) is 0 Å². The lowest BCUT2D eigenvalue weighted by Crippen LogP contribution is -2.18. The molecular weight excluding hydrogens is 321 g/mol. The standard InChI is InChI=1S/C12H7Cl5/c13-8-3-1-7(2-4-8)9-5-10(14)11(15)6-12(9,16)17/h1-5H,6H2. The van der Waals surface area contributed by atoms with E-state index in [1.165, 1.54) is 0 Å². The Balaban J connectivity index is 2.49. The molecule has 1 aromatic carbocycles. The first-order valence-electron chi connectivity index (χ1n) is 4.80. The van der Waals surface area contributed by atoms with Crippen molar-refractivity contribution in [3.8, 4) is 0 Å². The van der Waals surface area contributed by atoms with Crippen LogP contribution >= 0.6 is 58.0 Å². The maximum absolute atomic E-state index is 6.26. The van der Waals surface area contributed by atoms with Gasteiger partial charge in [-0.15, -0.1) is 0 Å². The predicted molar refractivity (Wildman–Crippen MR) is 77.2 cm³/mol. The summed E-state index contributed by atoms with van der Waals surface area (Å²) in [7, 11) is 0. The van der Waals surface area contributed by atoms with Gasteiger partial charge in [0.15, 0.2) is 0 Å². The molecule has 17 heavy (non-hydrogen) atoms. The highest BCUT2D eigenvalue weighted by Crippen LogP contribution is 2.47. The number of rotatable bonds is 1. The molecule has 0 spiro atoms. The van der Waals surface area contributed by atoms with E-state index in [2.05, 4.69) is 0 Å². The predicted octanol–water partition coefficient (Wildman–Crippen LogP) is 5.99. The van der Waals surface area contributed by atoms with Crippen LogP contribution in [0, 0.1) is 0 Å². The van der Waals surface area contributed by atoms with E-state index in [1.54, 1.807) is 18.2 Å². The van der Waals surface area contributed by atoms with Crippen molar-refractivity contribution >= 4 is 63.6 Å². The van der Waals surface area contributed by atoms with E-state index in [0.29, 0.717) is 21.5 Å². The highest BCUT2D eigenvalue weighted by Gasteiger charge is 2.34. The lowest BCUT2D eigenvalue weighted by atomic mass is 9.96. The van der Waals surface area contributed by atoms with Crippen molar-refractivity contribution < 1.29 is 0 Å². The molecule has 0 heterocycles. The minimum absolute atomic E-state index is 0.297. The van der Waals surface area contributed by atoms with Crippen LogP contribution in [-0.4, -0.2) is 4.33 Å². The van der Waals surface area contributed by atoms with Crippen LogP contribution in [-0.2, 0) is 0 Å². The van der Waals surface area contributed by atoms with Crippen LogP contribution < -0.4 is 0 Å². The minimum atomic E-state index is -1.07. The molecule has 1 aromatic rings. The molecule has 0 aromatic heterocycles. The summed E-state index contributed by atoms with van der Waals surface area (Å²) >= 11 is 30.3. The lowest BCUT2D eigenvalue weighted by Gasteiger charge is -2.27. The van der Waals surface area contributed by atoms with Crippen molar-refractivity contribution in [2.45, 2.75) is 10.8 Å². The normalized spacial score (nSPS) is 19.2. The quantitative estimate of drug-likeness (QED) is 0.555. The molecule has 1 aliphatic rings. The minimum Gasteiger partial charge on any atom is -0.0959 e. The highest BCUT2D eigenvalue weighted by atomic mass is 35.5. The van der Waals surface area contributed by atoms with Crippen molar-refractivity contribution in [1.82, 2.24) is 0 Å². The van der Waals surface area contributed by atoms with Gasteiger partial charge in [-0.05, 0) is 29.3 Å². The number of hydrogen-bond donors (Lipinski definition) is 0. The Labute approximate surface area is 125 Å². The summed E-state index contributed by atoms with van der Waals surface area (Å²) in [6.07, 6.45) is 1.99. The van der Waals surface area contributed by atoms with Crippen LogP contribution in [0.25, 0.3) is 5.57 Å². The molecule has 0 saturated carbocycles. The largest absolute Gasteiger partial charge is 0.148 e. The molecule has 0 bridgehead atoms. The average Bonchev–Trinajstić information content (AvgIpc) is 2.24. The molecule has 5 heteroatoms. The van der Waals surface area contributed by atoms with Crippen molar-refractivity contribution in [2.24, 2.45) is 0 Å². The fraction of sp³-hybridized carbons (Fsp3) is 0.167. The van der Waals surface area contributed by atoms with Gasteiger partial charge in [0.1, 0.15) is 4.33 Å². The number of hydrogen-bond acceptors (Lipinski definition) is 0. The first-order valence-corrected chi connectivity index (χ1v) is 6.69. The number of halogens is 5. The van der Waals surface area contributed by atoms with E-state index in [-0.39, 0.29) is 0 Å². The topological polar surface area (TPSA) is 0 Å². The molecule has 0 atom stereocenters. The smallest absolute Gasteiger partial charge is 0.0959 e. The molecule has 0 radical (unpaired) electrons. The molecule has 0 amide bonds. The summed E-state index contributed by atoms with van der Waals surface area (Å²) in [4.78, 5) is 0. The van der Waals surface area contributed by atoms with Crippen LogP contribution in [0.4, 0.5) is 0 Å². The van der Waals surface area contributed by atoms with Gasteiger partial charge in [-0.3, -0.25) is 0 Å². The van der Waals surface area contributed by atoms with Gasteiger partial charge in [-0.2, -0.15) is 0 Å². The Morgan fingerprint density at radius 3 is 2.12 bits per heavy atom. The van der Waals surface area contributed by atoms with E-state index in [9.17, 15) is 0 Å². The maximum atomic E-state index is 6.26. The summed E-state index contributed by atoms with van der Waals surface area (Å²) in [5, 5.41) is 1.59. The van der Waals surface area contributed by atoms with Crippen molar-refractivity contribution in [3.63, 3.8) is 0 Å². The van der Waals surface area contributed by atoms with E-state index in [1.807, 2.05) is 12.1 Å². The van der Waals surface area contributed by atoms with Crippen molar-refractivity contribution in [1.29, 1.82) is 0 Å². The number of allylic oxidation sites excluding steroid dienone is 4. The molecule has 0 aliphatic heterocycles. The second kappa shape index (κ2) is 5.03. The molecule has 90 valence electrons. The van der Waals surface area contributed by atoms with Crippen LogP contribution in [0.5, 0.6) is 0 Å². The van der Waals surface area contributed by atoms with E-state index >= 15 is 0 Å². The molecule has 2 rings (SSSR count). The number of alkyl halides is 2. The van der Waals surface area contributed by atoms with Gasteiger partial charge < -0.3 is 0 Å². The first kappa shape index (κ1) is 13.6. The molecule has 0 fully saturated rings. The summed E-state index contributed by atoms with van der Waals surface area (Å²) < 4.78 is -1.07. The molecule has 0 unspecified atom stereocenters. The first-order chi connectivity index (χ1) is 7.90. The summed E-state index contributed by atoms with van der Waals surface area (Å²) in [5.74, 6) is 0. The third-order valence-corrected chi connectivity index (χ3v) is 4.15. The Kier molecular flexibility index (Phi) is 4.02. The molecule has 0 N–H and O–H groups in total. The second-order valence-corrected chi connectivity index (χ2v) is 6.48. The summed E-state index contributed by atoms with van der Waals surface area (Å²) in [5.41, 5.74) is 1.61. The lowest BCUT2D eigenvalue weighted by molar-refractivity contribution is 0.961. The third kappa shape index (κ3) is 2.94. The molecule has 1 aliphatic carbocycles. The van der Waals surface area contributed by atoms with Gasteiger partial charge in [0.25, 0.3) is 0 Å².